The molecule has 14 atom stereocenters. The first kappa shape index (κ1) is 94.6. The normalized spacial score (nSPS) is 26.1. The summed E-state index contributed by atoms with van der Waals surface area (Å²) in [6.07, 6.45) is 9.40. The zero-order valence-electron chi connectivity index (χ0n) is 68.7. The Hall–Kier alpha value is -8.89. The Morgan fingerprint density at radius 1 is 0.788 bits per heavy atom. The number of ether oxygens (including phenoxy) is 10. The van der Waals surface area contributed by atoms with E-state index >= 15 is 0 Å². The molecule has 36 heteroatoms. The van der Waals surface area contributed by atoms with E-state index in [-0.39, 0.29) is 106 Å². The molecule has 36 nitrogen and oxygen atoms in total. The van der Waals surface area contributed by atoms with Gasteiger partial charge in [0.2, 0.25) is 11.7 Å². The molecule has 3 amide bonds. The van der Waals surface area contributed by atoms with Crippen LogP contribution in [0.2, 0.25) is 0 Å². The third kappa shape index (κ3) is 30.1. The maximum absolute atomic E-state index is 14.5. The third-order valence-corrected chi connectivity index (χ3v) is 21.3. The number of cyclic esters (lactones) is 1. The number of carbonyl (C=O) groups excluding carboxylic acids is 7. The van der Waals surface area contributed by atoms with Gasteiger partial charge in [0, 0.05) is 75.9 Å². The van der Waals surface area contributed by atoms with Crippen LogP contribution in [0.25, 0.3) is 11.1 Å². The maximum atomic E-state index is 14.5. The monoisotopic (exact) mass is 1650 g/mol. The fraction of sp³-hybridized carbons (Fsp3) is 0.646. The van der Waals surface area contributed by atoms with Crippen LogP contribution in [-0.2, 0) is 89.2 Å². The summed E-state index contributed by atoms with van der Waals surface area (Å²) in [5.41, 5.74) is 22.2. The van der Waals surface area contributed by atoms with Crippen LogP contribution in [0.3, 0.4) is 0 Å². The number of carbonyl (C=O) groups is 7. The molecule has 3 aliphatic heterocycles. The number of alkyl carbamates (subject to hydrolysis) is 1. The molecule has 2 bridgehead atoms. The summed E-state index contributed by atoms with van der Waals surface area (Å²) in [7, 11) is 1.54. The predicted molar refractivity (Wildman–Crippen MR) is 432 cm³/mol. The number of esters is 1. The van der Waals surface area contributed by atoms with Gasteiger partial charge >= 0.3 is 12.1 Å². The minimum Gasteiger partial charge on any atom is -0.459 e. The van der Waals surface area contributed by atoms with Crippen molar-refractivity contribution >= 4 is 75.7 Å². The molecule has 6 heterocycles. The SMILES string of the molecule is CO[C@H]1C[C@@H]2CCC[C@@](O)(O2)C(=O)C(=O)N2CCCC[C@H]2C(=O)O[C@H]([C@H](N)C[C@@H]2CC[C@@H](OC(=O)NCc3cn(CCOCCOCCOCCOCCOCCOCCC(=O)NCCCCNc4ncnc(N)c4C(=N)c4ccc5oc(N)nc5c4)nn3)[C@H](O)C2)CC(=O)[C@H](C)/C=C(\C)[C@@H](O)[C@@H](O)C(=O)[C@H](C)C[C@H](C)/C=C/C=CC=C1C. The first-order chi connectivity index (χ1) is 56.7. The summed E-state index contributed by atoms with van der Waals surface area (Å²) in [6, 6.07) is 2.80. The van der Waals surface area contributed by atoms with Crippen molar-refractivity contribution in [3.05, 3.63) is 95.1 Å². The largest absolute Gasteiger partial charge is 0.459 e. The molecule has 8 rings (SSSR count). The molecular formula is C82H122N14O22. The van der Waals surface area contributed by atoms with Crippen molar-refractivity contribution < 1.29 is 106 Å². The van der Waals surface area contributed by atoms with E-state index < -0.39 is 114 Å². The minimum absolute atomic E-state index is 0.0164. The standard InChI is InChI=1S/C82H122N14O22/c1-51-15-8-7-9-16-52(2)67(108-6)46-59-17-14-24-82(107,118-59)75(103)78(104)96-27-13-10-18-62(96)79(105)115-68(47-63(97)53(3)42-55(5)73(101)74(102)72(100)54(4)41-51)60(83)43-56-19-21-66(64(98)44-56)117-81(106)89-48-58-49-95(94-93-58)28-30-110-32-34-112-36-38-114-40-39-113-37-35-111-33-31-109-29-23-69(99)87-25-11-12-26-88-77-70(76(85)90-50-91-77)71(84)57-20-22-65-61(45-57)92-80(86)116-65/h7-9,15-16,20,22,42,45,49-51,53-54,56,59-60,62,64,66-68,73-74,84,98,101-102,107H,10-14,17-19,21,23-41,43-44,46-48,83H2,1-6H3,(H2,86,92)(H,87,99)(H,89,106)(H3,85,88,90,91)/b9-7?,15-8+,52-16?,55-42+,84-71?/t51-,53-,54-,56+,59+,60-,62+,64-,66-,67+,68+,73-,74+,82-/m1/s1. The molecule has 118 heavy (non-hydrogen) atoms. The number of ketones is 3. The lowest BCUT2D eigenvalue weighted by Crippen LogP contribution is -2.58. The second-order valence-electron chi connectivity index (χ2n) is 30.6. The highest BCUT2D eigenvalue weighted by Gasteiger charge is 2.50. The molecule has 0 radical (unpaired) electrons. The number of unbranched alkanes of at least 4 members (excludes halogenated alkanes) is 1. The van der Waals surface area contributed by atoms with Gasteiger partial charge < -0.3 is 110 Å². The fourth-order valence-electron chi connectivity index (χ4n) is 14.6. The zero-order valence-corrected chi connectivity index (χ0v) is 68.7. The van der Waals surface area contributed by atoms with Gasteiger partial charge in [0.1, 0.15) is 65.4 Å². The summed E-state index contributed by atoms with van der Waals surface area (Å²) >= 11 is 0. The van der Waals surface area contributed by atoms with Gasteiger partial charge in [0.05, 0.1) is 128 Å². The second kappa shape index (κ2) is 49.0. The quantitative estimate of drug-likeness (QED) is 0.00952. The number of nitrogens with zero attached hydrogens (tertiary/aromatic N) is 7. The number of nitrogens with two attached hydrogens (primary N) is 3. The number of hydrogen-bond donors (Lipinski definition) is 11. The van der Waals surface area contributed by atoms with Crippen molar-refractivity contribution in [2.45, 2.75) is 211 Å². The van der Waals surface area contributed by atoms with Crippen LogP contribution in [0.4, 0.5) is 22.4 Å². The number of allylic oxidation sites excluding steroid dienone is 6. The lowest BCUT2D eigenvalue weighted by Gasteiger charge is -2.40. The molecule has 2 saturated heterocycles. The predicted octanol–water partition coefficient (Wildman–Crippen LogP) is 4.85. The van der Waals surface area contributed by atoms with Gasteiger partial charge in [-0.3, -0.25) is 29.4 Å². The van der Waals surface area contributed by atoms with E-state index in [4.69, 9.17) is 74.4 Å². The van der Waals surface area contributed by atoms with Crippen LogP contribution < -0.4 is 33.2 Å². The number of oxazole rings is 1. The van der Waals surface area contributed by atoms with Crippen LogP contribution in [0.1, 0.15) is 154 Å². The number of Topliss-reactive ketones (excluding diaryl/α,β-unsaturated/α-hetero) is 3. The number of aliphatic hydroxyl groups is 4. The summed E-state index contributed by atoms with van der Waals surface area (Å²) in [4.78, 5) is 110. The number of fused-ring (bicyclic) bond motifs is 4. The van der Waals surface area contributed by atoms with Crippen molar-refractivity contribution in [1.82, 2.24) is 45.5 Å². The van der Waals surface area contributed by atoms with Gasteiger partial charge in [-0.05, 0) is 132 Å². The molecule has 14 N–H and O–H groups in total. The molecule has 4 aromatic rings. The van der Waals surface area contributed by atoms with E-state index in [9.17, 15) is 54.0 Å². The highest BCUT2D eigenvalue weighted by Crippen LogP contribution is 2.35. The van der Waals surface area contributed by atoms with E-state index in [0.29, 0.717) is 177 Å². The second-order valence-corrected chi connectivity index (χ2v) is 30.6. The number of methoxy groups -OCH3 is 1. The van der Waals surface area contributed by atoms with E-state index in [1.807, 2.05) is 44.2 Å². The Morgan fingerprint density at radius 2 is 1.48 bits per heavy atom. The van der Waals surface area contributed by atoms with Gasteiger partial charge in [-0.25, -0.2) is 24.2 Å². The number of benzene rings is 1. The van der Waals surface area contributed by atoms with E-state index in [1.165, 1.54) is 26.4 Å². The van der Waals surface area contributed by atoms with Crippen LogP contribution >= 0.6 is 0 Å². The van der Waals surface area contributed by atoms with E-state index in [1.54, 1.807) is 42.9 Å². The number of rotatable bonds is 36. The van der Waals surface area contributed by atoms with E-state index in [0.717, 1.165) is 10.5 Å². The Labute approximate surface area is 687 Å². The van der Waals surface area contributed by atoms with Crippen LogP contribution in [0.15, 0.2) is 82.7 Å². The topological polar surface area (TPSA) is 516 Å². The van der Waals surface area contributed by atoms with Crippen LogP contribution in [-0.4, -0.2) is 269 Å². The lowest BCUT2D eigenvalue weighted by atomic mass is 9.80. The Balaban J connectivity index is 0.669. The van der Waals surface area contributed by atoms with E-state index in [2.05, 4.69) is 41.2 Å². The highest BCUT2D eigenvalue weighted by molar-refractivity contribution is 6.39. The van der Waals surface area contributed by atoms with Crippen LogP contribution in [0, 0.1) is 29.1 Å². The average Bonchev–Trinajstić information content (AvgIpc) is 1.15. The molecule has 652 valence electrons. The van der Waals surface area contributed by atoms with Gasteiger partial charge in [-0.15, -0.1) is 5.10 Å². The minimum atomic E-state index is -2.48. The molecular weight excluding hydrogens is 1530 g/mol. The molecule has 3 aromatic heterocycles. The Kier molecular flexibility index (Phi) is 39.3. The van der Waals surface area contributed by atoms with Gasteiger partial charge in [0.15, 0.2) is 11.4 Å². The van der Waals surface area contributed by atoms with Crippen molar-refractivity contribution in [1.29, 1.82) is 5.41 Å². The summed E-state index contributed by atoms with van der Waals surface area (Å²) < 4.78 is 64.1. The van der Waals surface area contributed by atoms with Crippen molar-refractivity contribution in [3.8, 4) is 0 Å². The first-order valence-electron chi connectivity index (χ1n) is 40.9. The number of nitrogens with one attached hydrogen (secondary N) is 4. The number of piperidine rings is 1. The number of amides is 3. The van der Waals surface area contributed by atoms with Crippen LogP contribution in [0.5, 0.6) is 0 Å². The molecule has 1 aliphatic carbocycles. The van der Waals surface area contributed by atoms with Gasteiger partial charge in [0.25, 0.3) is 17.7 Å². The number of aromatic nitrogens is 6. The molecule has 1 aromatic carbocycles. The molecule has 0 unspecified atom stereocenters. The molecule has 0 spiro atoms. The maximum Gasteiger partial charge on any atom is 0.407 e. The van der Waals surface area contributed by atoms with Gasteiger partial charge in [-0.2, -0.15) is 4.98 Å². The smallest absolute Gasteiger partial charge is 0.407 e. The van der Waals surface area contributed by atoms with Crippen molar-refractivity contribution in [2.24, 2.45) is 29.4 Å². The molecule has 4 aliphatic rings. The van der Waals surface area contributed by atoms with Crippen molar-refractivity contribution in [3.63, 3.8) is 0 Å². The first-order valence-corrected chi connectivity index (χ1v) is 40.9. The third-order valence-electron chi connectivity index (χ3n) is 21.3. The van der Waals surface area contributed by atoms with Gasteiger partial charge in [-0.1, -0.05) is 62.4 Å². The Bertz CT molecular complexity index is 4020. The number of anilines is 3. The fourth-order valence-corrected chi connectivity index (χ4v) is 14.6. The lowest BCUT2D eigenvalue weighted by molar-refractivity contribution is -0.245. The van der Waals surface area contributed by atoms with Crippen molar-refractivity contribution in [2.75, 3.05) is 123 Å². The average molecular weight is 1660 g/mol. The summed E-state index contributed by atoms with van der Waals surface area (Å²) in [6.45, 7) is 14.1. The molecule has 1 saturated carbocycles. The highest BCUT2D eigenvalue weighted by atomic mass is 16.6. The summed E-state index contributed by atoms with van der Waals surface area (Å²) in [5, 5.41) is 71.4. The summed E-state index contributed by atoms with van der Waals surface area (Å²) in [5.74, 6) is -8.33. The number of aliphatic hydroxyl groups excluding tert-OH is 3. The number of hydrogen-bond acceptors (Lipinski definition) is 32. The Morgan fingerprint density at radius 3 is 2.19 bits per heavy atom. The number of nitrogen functional groups attached to an aromatic ring is 2. The molecule has 3 fully saturated rings. The zero-order chi connectivity index (χ0) is 85.1.